The smallest absolute Gasteiger partial charge is 0.258 e. The first-order chi connectivity index (χ1) is 8.97. The molecule has 0 radical (unpaired) electrons. The topological polar surface area (TPSA) is 86.8 Å². The van der Waals surface area contributed by atoms with Crippen molar-refractivity contribution >= 4 is 43.8 Å². The second-order valence-corrected chi connectivity index (χ2v) is 7.69. The third-order valence-electron chi connectivity index (χ3n) is 3.16. The molecule has 0 spiro atoms. The molecule has 102 valence electrons. The Bertz CT molecular complexity index is 653. The first-order valence-electron chi connectivity index (χ1n) is 5.84. The van der Waals surface area contributed by atoms with Gasteiger partial charge in [0.25, 0.3) is 5.91 Å². The lowest BCUT2D eigenvalue weighted by Crippen LogP contribution is -2.21. The molecule has 3 rings (SSSR count). The van der Waals surface area contributed by atoms with Crippen molar-refractivity contribution in [2.24, 2.45) is 5.73 Å². The number of carbonyl (C=O) groups excluding carboxylic acids is 1. The van der Waals surface area contributed by atoms with Gasteiger partial charge in [0.05, 0.1) is 16.3 Å². The molecule has 0 aliphatic carbocycles. The van der Waals surface area contributed by atoms with Crippen LogP contribution in [0.15, 0.2) is 24.3 Å². The maximum absolute atomic E-state index is 11.2. The van der Waals surface area contributed by atoms with Crippen molar-refractivity contribution < 1.29 is 13.9 Å². The summed E-state index contributed by atoms with van der Waals surface area (Å²) in [7, 11) is -2.67. The fourth-order valence-corrected chi connectivity index (χ4v) is 4.77. The molecule has 1 saturated heterocycles. The first-order valence-corrected chi connectivity index (χ1v) is 8.33. The normalized spacial score (nSPS) is 19.8. The van der Waals surface area contributed by atoms with Crippen molar-refractivity contribution in [3.05, 3.63) is 29.1 Å². The molecule has 1 fully saturated rings. The van der Waals surface area contributed by atoms with Gasteiger partial charge in [0.15, 0.2) is 0 Å². The van der Waals surface area contributed by atoms with E-state index in [4.69, 9.17) is 5.73 Å². The molecule has 7 heteroatoms. The third-order valence-corrected chi connectivity index (χ3v) is 6.23. The Kier molecular flexibility index (Phi) is 2.94. The zero-order chi connectivity index (χ0) is 13.6. The van der Waals surface area contributed by atoms with Crippen LogP contribution in [-0.2, 0) is 0 Å². The molecule has 2 heterocycles. The van der Waals surface area contributed by atoms with E-state index in [1.807, 2.05) is 18.2 Å². The second-order valence-electron chi connectivity index (χ2n) is 4.49. The number of amides is 1. The van der Waals surface area contributed by atoms with Crippen LogP contribution in [0.4, 0.5) is 5.69 Å². The molecular formula is C12H14N2O3S2. The van der Waals surface area contributed by atoms with Gasteiger partial charge in [-0.3, -0.25) is 18.2 Å². The SMILES string of the molecule is NC(=O)c1cc2cc(N3CCCS3(O)O)ccc2s1. The molecule has 5 nitrogen and oxygen atoms in total. The summed E-state index contributed by atoms with van der Waals surface area (Å²) in [5.41, 5.74) is 6.04. The van der Waals surface area contributed by atoms with Crippen LogP contribution in [0.1, 0.15) is 16.1 Å². The van der Waals surface area contributed by atoms with Crippen molar-refractivity contribution in [1.82, 2.24) is 0 Å². The van der Waals surface area contributed by atoms with Crippen LogP contribution in [0.25, 0.3) is 10.1 Å². The molecule has 1 aliphatic heterocycles. The number of anilines is 1. The number of primary amides is 1. The van der Waals surface area contributed by atoms with E-state index in [9.17, 15) is 13.9 Å². The molecule has 19 heavy (non-hydrogen) atoms. The number of hydrogen-bond acceptors (Lipinski definition) is 5. The Morgan fingerprint density at radius 1 is 1.37 bits per heavy atom. The predicted octanol–water partition coefficient (Wildman–Crippen LogP) is 2.88. The summed E-state index contributed by atoms with van der Waals surface area (Å²) >= 11 is 1.35. The predicted molar refractivity (Wildman–Crippen MR) is 80.0 cm³/mol. The number of nitrogens with zero attached hydrogens (tertiary/aromatic N) is 1. The lowest BCUT2D eigenvalue weighted by molar-refractivity contribution is 0.100. The molecule has 1 aromatic heterocycles. The van der Waals surface area contributed by atoms with E-state index in [0.29, 0.717) is 17.2 Å². The second kappa shape index (κ2) is 4.38. The fraction of sp³-hybridized carbons (Fsp3) is 0.250. The lowest BCUT2D eigenvalue weighted by atomic mass is 10.2. The summed E-state index contributed by atoms with van der Waals surface area (Å²) in [5.74, 6) is -0.0190. The molecule has 1 amide bonds. The highest BCUT2D eigenvalue weighted by atomic mass is 32.3. The Morgan fingerprint density at radius 3 is 2.79 bits per heavy atom. The highest BCUT2D eigenvalue weighted by Gasteiger charge is 2.29. The Labute approximate surface area is 116 Å². The molecule has 0 bridgehead atoms. The molecule has 1 aromatic carbocycles. The van der Waals surface area contributed by atoms with Gasteiger partial charge in [-0.15, -0.1) is 22.1 Å². The largest absolute Gasteiger partial charge is 0.365 e. The summed E-state index contributed by atoms with van der Waals surface area (Å²) in [4.78, 5) is 11.7. The van der Waals surface area contributed by atoms with Gasteiger partial charge >= 0.3 is 0 Å². The van der Waals surface area contributed by atoms with E-state index in [-0.39, 0.29) is 0 Å². The quantitative estimate of drug-likeness (QED) is 0.795. The highest BCUT2D eigenvalue weighted by molar-refractivity contribution is 8.25. The number of hydrogen-bond donors (Lipinski definition) is 3. The monoisotopic (exact) mass is 298 g/mol. The van der Waals surface area contributed by atoms with E-state index in [1.165, 1.54) is 11.3 Å². The maximum atomic E-state index is 11.2. The van der Waals surface area contributed by atoms with Gasteiger partial charge in [-0.1, -0.05) is 0 Å². The molecule has 0 saturated carbocycles. The number of rotatable bonds is 2. The Morgan fingerprint density at radius 2 is 2.16 bits per heavy atom. The standard InChI is InChI=1S/C12H14N2O3S2/c13-12(15)11-7-8-6-9(2-3-10(8)18-11)14-4-1-5-19(14,16)17/h2-3,6-7,16-17H,1,4-5H2,(H2,13,15). The van der Waals surface area contributed by atoms with Crippen LogP contribution in [0.5, 0.6) is 0 Å². The first kappa shape index (κ1) is 12.7. The zero-order valence-electron chi connectivity index (χ0n) is 10.1. The molecular weight excluding hydrogens is 284 g/mol. The summed E-state index contributed by atoms with van der Waals surface area (Å²) in [6, 6.07) is 7.35. The van der Waals surface area contributed by atoms with Gasteiger partial charge in [0.1, 0.15) is 0 Å². The van der Waals surface area contributed by atoms with Crippen molar-refractivity contribution in [2.45, 2.75) is 6.42 Å². The fourth-order valence-electron chi connectivity index (χ4n) is 2.26. The number of nitrogens with two attached hydrogens (primary N) is 1. The van der Waals surface area contributed by atoms with E-state index in [1.54, 1.807) is 10.4 Å². The van der Waals surface area contributed by atoms with Crippen LogP contribution in [0, 0.1) is 0 Å². The Hall–Kier alpha value is -1.28. The molecule has 4 N–H and O–H groups in total. The van der Waals surface area contributed by atoms with E-state index in [0.717, 1.165) is 22.2 Å². The van der Waals surface area contributed by atoms with Crippen molar-refractivity contribution in [3.8, 4) is 0 Å². The van der Waals surface area contributed by atoms with Crippen molar-refractivity contribution in [3.63, 3.8) is 0 Å². The number of fused-ring (bicyclic) bond motifs is 1. The highest BCUT2D eigenvalue weighted by Crippen LogP contribution is 2.51. The number of benzene rings is 1. The summed E-state index contributed by atoms with van der Waals surface area (Å²) in [6.07, 6.45) is 0.774. The molecule has 0 unspecified atom stereocenters. The summed E-state index contributed by atoms with van der Waals surface area (Å²) in [6.45, 7) is 0.640. The van der Waals surface area contributed by atoms with Crippen LogP contribution < -0.4 is 10.0 Å². The van der Waals surface area contributed by atoms with Gasteiger partial charge in [-0.05, 0) is 36.1 Å². The van der Waals surface area contributed by atoms with E-state index >= 15 is 0 Å². The van der Waals surface area contributed by atoms with Crippen LogP contribution in [-0.4, -0.2) is 27.3 Å². The van der Waals surface area contributed by atoms with Gasteiger partial charge < -0.3 is 5.73 Å². The molecule has 2 aromatic rings. The average Bonchev–Trinajstić information content (AvgIpc) is 2.90. The third kappa shape index (κ3) is 2.18. The minimum atomic E-state index is -2.67. The van der Waals surface area contributed by atoms with Crippen LogP contribution >= 0.6 is 22.1 Å². The Balaban J connectivity index is 2.04. The lowest BCUT2D eigenvalue weighted by Gasteiger charge is -2.38. The van der Waals surface area contributed by atoms with E-state index < -0.39 is 16.7 Å². The molecule has 1 aliphatic rings. The minimum absolute atomic E-state index is 0.418. The average molecular weight is 298 g/mol. The van der Waals surface area contributed by atoms with Gasteiger partial charge in [0, 0.05) is 11.2 Å². The molecule has 0 atom stereocenters. The maximum Gasteiger partial charge on any atom is 0.258 e. The zero-order valence-corrected chi connectivity index (χ0v) is 11.7. The summed E-state index contributed by atoms with van der Waals surface area (Å²) < 4.78 is 22.5. The van der Waals surface area contributed by atoms with Gasteiger partial charge in [0.2, 0.25) is 0 Å². The summed E-state index contributed by atoms with van der Waals surface area (Å²) in [5, 5.41) is 0.901. The van der Waals surface area contributed by atoms with Crippen molar-refractivity contribution in [1.29, 1.82) is 0 Å². The number of carbonyl (C=O) groups is 1. The number of thiophene rings is 1. The van der Waals surface area contributed by atoms with Gasteiger partial charge in [-0.2, -0.15) is 0 Å². The van der Waals surface area contributed by atoms with Crippen LogP contribution in [0.3, 0.4) is 0 Å². The minimum Gasteiger partial charge on any atom is -0.365 e. The van der Waals surface area contributed by atoms with Crippen LogP contribution in [0.2, 0.25) is 0 Å². The van der Waals surface area contributed by atoms with Gasteiger partial charge in [-0.25, -0.2) is 0 Å². The van der Waals surface area contributed by atoms with Crippen molar-refractivity contribution in [2.75, 3.05) is 16.6 Å². The van der Waals surface area contributed by atoms with E-state index in [2.05, 4.69) is 0 Å².